The lowest BCUT2D eigenvalue weighted by Gasteiger charge is -2.19. The molecule has 0 aliphatic rings. The van der Waals surface area contributed by atoms with Crippen LogP contribution in [0.2, 0.25) is 0 Å². The zero-order valence-electron chi connectivity index (χ0n) is 15.4. The molecule has 0 unspecified atom stereocenters. The Bertz CT molecular complexity index is 751. The van der Waals surface area contributed by atoms with Crippen LogP contribution in [0.1, 0.15) is 38.3 Å². The number of aromatic nitrogens is 2. The first kappa shape index (κ1) is 19.8. The SMILES string of the molecule is CCOC(=O)Cc1nnc(NC(=O)COc2ccc(C(C)(C)C)cc2)s1. The van der Waals surface area contributed by atoms with E-state index in [2.05, 4.69) is 36.3 Å². The zero-order chi connectivity index (χ0) is 19.2. The van der Waals surface area contributed by atoms with Gasteiger partial charge in [-0.3, -0.25) is 14.9 Å². The van der Waals surface area contributed by atoms with Gasteiger partial charge in [0, 0.05) is 0 Å². The maximum absolute atomic E-state index is 12.0. The molecule has 0 saturated heterocycles. The van der Waals surface area contributed by atoms with Gasteiger partial charge >= 0.3 is 5.97 Å². The van der Waals surface area contributed by atoms with Crippen LogP contribution in [0.3, 0.4) is 0 Å². The van der Waals surface area contributed by atoms with Crippen molar-refractivity contribution in [3.63, 3.8) is 0 Å². The predicted molar refractivity (Wildman–Crippen MR) is 99.5 cm³/mol. The average molecular weight is 377 g/mol. The molecule has 0 spiro atoms. The molecule has 1 aromatic carbocycles. The van der Waals surface area contributed by atoms with Crippen molar-refractivity contribution in [2.45, 2.75) is 39.5 Å². The Labute approximate surface area is 156 Å². The van der Waals surface area contributed by atoms with E-state index in [9.17, 15) is 9.59 Å². The van der Waals surface area contributed by atoms with Crippen molar-refractivity contribution >= 4 is 28.3 Å². The van der Waals surface area contributed by atoms with Crippen LogP contribution in [0.4, 0.5) is 5.13 Å². The van der Waals surface area contributed by atoms with Crippen LogP contribution < -0.4 is 10.1 Å². The second-order valence-corrected chi connectivity index (χ2v) is 7.66. The Morgan fingerprint density at radius 2 is 1.85 bits per heavy atom. The van der Waals surface area contributed by atoms with Crippen molar-refractivity contribution in [2.75, 3.05) is 18.5 Å². The number of ether oxygens (including phenoxy) is 2. The van der Waals surface area contributed by atoms with Crippen molar-refractivity contribution < 1.29 is 19.1 Å². The average Bonchev–Trinajstić information content (AvgIpc) is 2.99. The molecule has 1 N–H and O–H groups in total. The van der Waals surface area contributed by atoms with E-state index in [1.54, 1.807) is 6.92 Å². The standard InChI is InChI=1S/C18H23N3O4S/c1-5-24-16(23)10-15-20-21-17(26-15)19-14(22)11-25-13-8-6-12(7-9-13)18(2,3)4/h6-9H,5,10-11H2,1-4H3,(H,19,21,22). The van der Waals surface area contributed by atoms with E-state index >= 15 is 0 Å². The fraction of sp³-hybridized carbons (Fsp3) is 0.444. The van der Waals surface area contributed by atoms with E-state index < -0.39 is 0 Å². The third kappa shape index (κ3) is 6.11. The lowest BCUT2D eigenvalue weighted by atomic mass is 9.87. The van der Waals surface area contributed by atoms with Crippen molar-refractivity contribution in [3.05, 3.63) is 34.8 Å². The summed E-state index contributed by atoms with van der Waals surface area (Å²) in [6, 6.07) is 7.66. The number of hydrogen-bond acceptors (Lipinski definition) is 7. The van der Waals surface area contributed by atoms with E-state index in [4.69, 9.17) is 9.47 Å². The van der Waals surface area contributed by atoms with Crippen molar-refractivity contribution in [1.29, 1.82) is 0 Å². The topological polar surface area (TPSA) is 90.4 Å². The minimum atomic E-state index is -0.372. The third-order valence-electron chi connectivity index (χ3n) is 3.40. The minimum absolute atomic E-state index is 0.0397. The highest BCUT2D eigenvalue weighted by molar-refractivity contribution is 7.15. The van der Waals surface area contributed by atoms with Crippen LogP contribution in [-0.4, -0.2) is 35.3 Å². The number of amides is 1. The van der Waals surface area contributed by atoms with Crippen LogP contribution in [0.5, 0.6) is 5.75 Å². The highest BCUT2D eigenvalue weighted by Crippen LogP contribution is 2.24. The molecule has 2 rings (SSSR count). The number of carbonyl (C=O) groups excluding carboxylic acids is 2. The fourth-order valence-corrected chi connectivity index (χ4v) is 2.81. The first-order chi connectivity index (χ1) is 12.3. The lowest BCUT2D eigenvalue weighted by Crippen LogP contribution is -2.20. The summed E-state index contributed by atoms with van der Waals surface area (Å²) in [5, 5.41) is 11.1. The van der Waals surface area contributed by atoms with Gasteiger partial charge in [0.2, 0.25) is 5.13 Å². The molecule has 0 fully saturated rings. The molecule has 140 valence electrons. The van der Waals surface area contributed by atoms with Crippen molar-refractivity contribution in [1.82, 2.24) is 10.2 Å². The smallest absolute Gasteiger partial charge is 0.312 e. The number of esters is 1. The molecule has 7 nitrogen and oxygen atoms in total. The number of rotatable bonds is 7. The summed E-state index contributed by atoms with van der Waals surface area (Å²) in [6.45, 7) is 8.31. The number of carbonyl (C=O) groups is 2. The van der Waals surface area contributed by atoms with E-state index in [1.165, 1.54) is 5.56 Å². The Kier molecular flexibility index (Phi) is 6.68. The van der Waals surface area contributed by atoms with Gasteiger partial charge in [0.05, 0.1) is 13.0 Å². The van der Waals surface area contributed by atoms with Gasteiger partial charge in [0.1, 0.15) is 10.8 Å². The molecule has 1 amide bonds. The Hall–Kier alpha value is -2.48. The van der Waals surface area contributed by atoms with Crippen molar-refractivity contribution in [2.24, 2.45) is 0 Å². The molecular formula is C18H23N3O4S. The third-order valence-corrected chi connectivity index (χ3v) is 4.24. The monoisotopic (exact) mass is 377 g/mol. The summed E-state index contributed by atoms with van der Waals surface area (Å²) in [6.07, 6.45) is 0.0397. The largest absolute Gasteiger partial charge is 0.484 e. The molecule has 0 bridgehead atoms. The van der Waals surface area contributed by atoms with Crippen molar-refractivity contribution in [3.8, 4) is 5.75 Å². The van der Waals surface area contributed by atoms with Gasteiger partial charge in [-0.1, -0.05) is 44.2 Å². The fourth-order valence-electron chi connectivity index (χ4n) is 2.07. The summed E-state index contributed by atoms with van der Waals surface area (Å²) in [5.41, 5.74) is 1.26. The molecule has 8 heteroatoms. The van der Waals surface area contributed by atoms with Crippen LogP contribution in [0.25, 0.3) is 0 Å². The predicted octanol–water partition coefficient (Wildman–Crippen LogP) is 2.96. The van der Waals surface area contributed by atoms with E-state index in [0.717, 1.165) is 11.3 Å². The molecule has 0 radical (unpaired) electrons. The molecule has 0 aliphatic heterocycles. The Balaban J connectivity index is 1.82. The van der Waals surface area contributed by atoms with Gasteiger partial charge in [-0.05, 0) is 30.0 Å². The molecule has 1 heterocycles. The minimum Gasteiger partial charge on any atom is -0.484 e. The lowest BCUT2D eigenvalue weighted by molar-refractivity contribution is -0.142. The quantitative estimate of drug-likeness (QED) is 0.746. The maximum Gasteiger partial charge on any atom is 0.312 e. The Morgan fingerprint density at radius 3 is 2.46 bits per heavy atom. The normalized spacial score (nSPS) is 11.1. The van der Waals surface area contributed by atoms with Crippen LogP contribution in [0.15, 0.2) is 24.3 Å². The van der Waals surface area contributed by atoms with Crippen LogP contribution in [0, 0.1) is 0 Å². The molecule has 1 aromatic heterocycles. The van der Waals surface area contributed by atoms with Gasteiger partial charge in [-0.15, -0.1) is 10.2 Å². The summed E-state index contributed by atoms with van der Waals surface area (Å²) >= 11 is 1.13. The molecule has 26 heavy (non-hydrogen) atoms. The van der Waals surface area contributed by atoms with E-state index in [-0.39, 0.29) is 30.3 Å². The second kappa shape index (κ2) is 8.75. The Morgan fingerprint density at radius 1 is 1.15 bits per heavy atom. The van der Waals surface area contributed by atoms with Gasteiger partial charge in [0.25, 0.3) is 5.91 Å². The first-order valence-corrected chi connectivity index (χ1v) is 9.10. The number of anilines is 1. The molecular weight excluding hydrogens is 354 g/mol. The van der Waals surface area contributed by atoms with E-state index in [1.807, 2.05) is 24.3 Å². The summed E-state index contributed by atoms with van der Waals surface area (Å²) < 4.78 is 10.3. The van der Waals surface area contributed by atoms with Gasteiger partial charge in [-0.2, -0.15) is 0 Å². The number of hydrogen-bond donors (Lipinski definition) is 1. The number of nitrogens with one attached hydrogen (secondary N) is 1. The van der Waals surface area contributed by atoms with Gasteiger partial charge in [0.15, 0.2) is 6.61 Å². The molecule has 0 atom stereocenters. The van der Waals surface area contributed by atoms with Gasteiger partial charge < -0.3 is 9.47 Å². The zero-order valence-corrected chi connectivity index (χ0v) is 16.2. The van der Waals surface area contributed by atoms with Gasteiger partial charge in [-0.25, -0.2) is 0 Å². The van der Waals surface area contributed by atoms with Crippen LogP contribution in [-0.2, 0) is 26.2 Å². The highest BCUT2D eigenvalue weighted by atomic mass is 32.1. The van der Waals surface area contributed by atoms with Crippen LogP contribution >= 0.6 is 11.3 Å². The highest BCUT2D eigenvalue weighted by Gasteiger charge is 2.14. The molecule has 2 aromatic rings. The first-order valence-electron chi connectivity index (χ1n) is 8.29. The summed E-state index contributed by atoms with van der Waals surface area (Å²) in [7, 11) is 0. The maximum atomic E-state index is 12.0. The number of benzene rings is 1. The second-order valence-electron chi connectivity index (χ2n) is 6.59. The summed E-state index contributed by atoms with van der Waals surface area (Å²) in [4.78, 5) is 23.4. The number of nitrogens with zero attached hydrogens (tertiary/aromatic N) is 2. The van der Waals surface area contributed by atoms with E-state index in [0.29, 0.717) is 22.5 Å². The molecule has 0 aliphatic carbocycles. The molecule has 0 saturated carbocycles. The summed E-state index contributed by atoms with van der Waals surface area (Å²) in [5.74, 6) is -0.0966.